The van der Waals surface area contributed by atoms with Crippen molar-refractivity contribution in [2.45, 2.75) is 58.1 Å². The number of benzene rings is 2. The highest BCUT2D eigenvalue weighted by Gasteiger charge is 2.31. The SMILES string of the molecule is CCOc1ccc2c(N)c(-c3ccc(NC(=O)OC(C)C4CC4)cc3)n(C3CCC3)c2c1. The van der Waals surface area contributed by atoms with Gasteiger partial charge in [0, 0.05) is 28.7 Å². The molecule has 3 aromatic rings. The molecule has 1 amide bonds. The minimum absolute atomic E-state index is 0.0335. The van der Waals surface area contributed by atoms with Crippen molar-refractivity contribution in [2.24, 2.45) is 5.92 Å². The number of nitrogen functional groups attached to an aromatic ring is 1. The molecule has 0 saturated heterocycles. The Balaban J connectivity index is 1.44. The summed E-state index contributed by atoms with van der Waals surface area (Å²) in [6, 6.07) is 14.4. The van der Waals surface area contributed by atoms with E-state index < -0.39 is 6.09 Å². The van der Waals surface area contributed by atoms with Gasteiger partial charge in [-0.3, -0.25) is 5.32 Å². The largest absolute Gasteiger partial charge is 0.494 e. The number of anilines is 2. The topological polar surface area (TPSA) is 78.5 Å². The van der Waals surface area contributed by atoms with Crippen molar-refractivity contribution in [2.75, 3.05) is 17.7 Å². The van der Waals surface area contributed by atoms with Crippen molar-refractivity contribution in [3.05, 3.63) is 42.5 Å². The fourth-order valence-corrected chi connectivity index (χ4v) is 4.58. The van der Waals surface area contributed by atoms with Crippen LogP contribution in [0.25, 0.3) is 22.2 Å². The van der Waals surface area contributed by atoms with Crippen molar-refractivity contribution >= 4 is 28.4 Å². The molecule has 2 saturated carbocycles. The summed E-state index contributed by atoms with van der Waals surface area (Å²) in [4.78, 5) is 12.2. The molecule has 0 aliphatic heterocycles. The van der Waals surface area contributed by atoms with E-state index in [4.69, 9.17) is 15.2 Å². The maximum atomic E-state index is 12.2. The highest BCUT2D eigenvalue weighted by atomic mass is 16.6. The second kappa shape index (κ2) is 8.41. The number of hydrogen-bond donors (Lipinski definition) is 2. The van der Waals surface area contributed by atoms with Gasteiger partial charge >= 0.3 is 6.09 Å². The molecule has 0 spiro atoms. The van der Waals surface area contributed by atoms with Crippen LogP contribution >= 0.6 is 0 Å². The van der Waals surface area contributed by atoms with Gasteiger partial charge in [0.1, 0.15) is 11.9 Å². The Morgan fingerprint density at radius 1 is 1.16 bits per heavy atom. The lowest BCUT2D eigenvalue weighted by Crippen LogP contribution is -2.21. The molecule has 32 heavy (non-hydrogen) atoms. The number of amides is 1. The lowest BCUT2D eigenvalue weighted by Gasteiger charge is -2.30. The predicted molar refractivity (Wildman–Crippen MR) is 128 cm³/mol. The molecular weight excluding hydrogens is 402 g/mol. The van der Waals surface area contributed by atoms with Crippen LogP contribution in [-0.4, -0.2) is 23.4 Å². The van der Waals surface area contributed by atoms with Crippen LogP contribution in [0.4, 0.5) is 16.2 Å². The number of nitrogens with zero attached hydrogens (tertiary/aromatic N) is 1. The van der Waals surface area contributed by atoms with Crippen LogP contribution in [0.5, 0.6) is 5.75 Å². The Hall–Kier alpha value is -3.15. The maximum absolute atomic E-state index is 12.2. The van der Waals surface area contributed by atoms with E-state index in [1.807, 2.05) is 44.2 Å². The zero-order chi connectivity index (χ0) is 22.2. The molecule has 6 heteroatoms. The van der Waals surface area contributed by atoms with Crippen LogP contribution in [0, 0.1) is 5.92 Å². The van der Waals surface area contributed by atoms with Gasteiger partial charge in [-0.1, -0.05) is 12.1 Å². The lowest BCUT2D eigenvalue weighted by molar-refractivity contribution is 0.108. The summed E-state index contributed by atoms with van der Waals surface area (Å²) in [5.41, 5.74) is 11.4. The zero-order valence-electron chi connectivity index (χ0n) is 18.8. The number of fused-ring (bicyclic) bond motifs is 1. The minimum atomic E-state index is -0.399. The first-order valence-electron chi connectivity index (χ1n) is 11.7. The van der Waals surface area contributed by atoms with Crippen LogP contribution in [0.15, 0.2) is 42.5 Å². The highest BCUT2D eigenvalue weighted by Crippen LogP contribution is 2.45. The molecule has 3 N–H and O–H groups in total. The number of carbonyl (C=O) groups is 1. The van der Waals surface area contributed by atoms with E-state index in [2.05, 4.69) is 22.0 Å². The average molecular weight is 434 g/mol. The first kappa shape index (κ1) is 20.7. The van der Waals surface area contributed by atoms with Crippen LogP contribution < -0.4 is 15.8 Å². The van der Waals surface area contributed by atoms with Gasteiger partial charge in [-0.25, -0.2) is 4.79 Å². The van der Waals surface area contributed by atoms with E-state index >= 15 is 0 Å². The summed E-state index contributed by atoms with van der Waals surface area (Å²) >= 11 is 0. The lowest BCUT2D eigenvalue weighted by atomic mass is 9.92. The molecule has 6 nitrogen and oxygen atoms in total. The summed E-state index contributed by atoms with van der Waals surface area (Å²) in [6.45, 7) is 4.58. The molecule has 2 fully saturated rings. The van der Waals surface area contributed by atoms with Crippen LogP contribution in [0.1, 0.15) is 52.0 Å². The summed E-state index contributed by atoms with van der Waals surface area (Å²) in [6.07, 6.45) is 5.40. The Morgan fingerprint density at radius 3 is 2.53 bits per heavy atom. The van der Waals surface area contributed by atoms with Gasteiger partial charge in [-0.2, -0.15) is 0 Å². The Kier molecular flexibility index (Phi) is 5.45. The predicted octanol–water partition coefficient (Wildman–Crippen LogP) is 6.36. The van der Waals surface area contributed by atoms with E-state index in [1.165, 1.54) is 6.42 Å². The van der Waals surface area contributed by atoms with Crippen molar-refractivity contribution in [1.29, 1.82) is 0 Å². The smallest absolute Gasteiger partial charge is 0.411 e. The zero-order valence-corrected chi connectivity index (χ0v) is 18.8. The van der Waals surface area contributed by atoms with Crippen molar-refractivity contribution in [1.82, 2.24) is 4.57 Å². The molecule has 1 heterocycles. The Morgan fingerprint density at radius 2 is 1.91 bits per heavy atom. The third-order valence-corrected chi connectivity index (χ3v) is 6.75. The first-order valence-corrected chi connectivity index (χ1v) is 11.7. The Bertz CT molecular complexity index is 1130. The monoisotopic (exact) mass is 433 g/mol. The molecule has 168 valence electrons. The van der Waals surface area contributed by atoms with Gasteiger partial charge in [-0.05, 0) is 76.1 Å². The summed E-state index contributed by atoms with van der Waals surface area (Å²) in [5.74, 6) is 1.38. The summed E-state index contributed by atoms with van der Waals surface area (Å²) in [7, 11) is 0. The van der Waals surface area contributed by atoms with Crippen molar-refractivity contribution < 1.29 is 14.3 Å². The van der Waals surface area contributed by atoms with E-state index in [9.17, 15) is 4.79 Å². The molecule has 2 aromatic carbocycles. The molecule has 2 aliphatic carbocycles. The number of hydrogen-bond acceptors (Lipinski definition) is 4. The first-order chi connectivity index (χ1) is 15.5. The fourth-order valence-electron chi connectivity index (χ4n) is 4.58. The van der Waals surface area contributed by atoms with Gasteiger partial charge in [0.25, 0.3) is 0 Å². The van der Waals surface area contributed by atoms with E-state index in [0.29, 0.717) is 24.3 Å². The molecule has 1 aromatic heterocycles. The van der Waals surface area contributed by atoms with Gasteiger partial charge in [0.15, 0.2) is 0 Å². The van der Waals surface area contributed by atoms with Crippen LogP contribution in [0.2, 0.25) is 0 Å². The van der Waals surface area contributed by atoms with Gasteiger partial charge in [-0.15, -0.1) is 0 Å². The van der Waals surface area contributed by atoms with Gasteiger partial charge in [0.05, 0.1) is 23.5 Å². The summed E-state index contributed by atoms with van der Waals surface area (Å²) in [5, 5.41) is 3.89. The van der Waals surface area contributed by atoms with Crippen molar-refractivity contribution in [3.8, 4) is 17.0 Å². The second-order valence-electron chi connectivity index (χ2n) is 8.98. The number of nitrogens with two attached hydrogens (primary N) is 1. The van der Waals surface area contributed by atoms with Gasteiger partial charge in [0.2, 0.25) is 0 Å². The fraction of sp³-hybridized carbons (Fsp3) is 0.423. The second-order valence-corrected chi connectivity index (χ2v) is 8.98. The molecule has 5 rings (SSSR count). The molecule has 0 radical (unpaired) electrons. The normalized spacial score (nSPS) is 17.1. The van der Waals surface area contributed by atoms with E-state index in [1.54, 1.807) is 0 Å². The number of nitrogens with one attached hydrogen (secondary N) is 1. The molecule has 0 bridgehead atoms. The third kappa shape index (κ3) is 3.90. The highest BCUT2D eigenvalue weighted by molar-refractivity contribution is 6.01. The maximum Gasteiger partial charge on any atom is 0.411 e. The number of carbonyl (C=O) groups excluding carboxylic acids is 1. The Labute approximate surface area is 188 Å². The van der Waals surface area contributed by atoms with E-state index in [-0.39, 0.29) is 6.10 Å². The average Bonchev–Trinajstić information content (AvgIpc) is 3.55. The molecular formula is C26H31N3O3. The summed E-state index contributed by atoms with van der Waals surface area (Å²) < 4.78 is 13.6. The van der Waals surface area contributed by atoms with Gasteiger partial charge < -0.3 is 19.8 Å². The minimum Gasteiger partial charge on any atom is -0.494 e. The van der Waals surface area contributed by atoms with Crippen LogP contribution in [0.3, 0.4) is 0 Å². The molecule has 1 unspecified atom stereocenters. The van der Waals surface area contributed by atoms with Crippen molar-refractivity contribution in [3.63, 3.8) is 0 Å². The quantitative estimate of drug-likeness (QED) is 0.454. The third-order valence-electron chi connectivity index (χ3n) is 6.75. The van der Waals surface area contributed by atoms with E-state index in [0.717, 1.165) is 59.3 Å². The standard InChI is InChI=1S/C26H31N3O3/c1-3-31-21-13-14-22-23(15-21)29(20-5-4-6-20)25(24(22)27)18-9-11-19(12-10-18)28-26(30)32-16(2)17-7-8-17/h9-17,20H,3-8,27H2,1-2H3,(H,28,30). The molecule has 1 atom stereocenters. The van der Waals surface area contributed by atoms with Crippen LogP contribution in [-0.2, 0) is 4.74 Å². The number of aromatic nitrogens is 1. The molecule has 2 aliphatic rings. The number of ether oxygens (including phenoxy) is 2. The number of rotatable bonds is 7.